The van der Waals surface area contributed by atoms with E-state index in [9.17, 15) is 5.26 Å². The van der Waals surface area contributed by atoms with Crippen molar-refractivity contribution in [3.63, 3.8) is 0 Å². The van der Waals surface area contributed by atoms with E-state index in [0.29, 0.717) is 22.8 Å². The normalized spacial score (nSPS) is 20.6. The van der Waals surface area contributed by atoms with Crippen LogP contribution in [-0.4, -0.2) is 16.2 Å². The highest BCUT2D eigenvalue weighted by Crippen LogP contribution is 2.38. The largest absolute Gasteiger partial charge is 0.365 e. The molecule has 108 valence electrons. The summed E-state index contributed by atoms with van der Waals surface area (Å²) in [6, 6.07) is 2.73. The van der Waals surface area contributed by atoms with E-state index in [1.165, 1.54) is 6.42 Å². The maximum atomic E-state index is 9.47. The average Bonchev–Trinajstić information content (AvgIpc) is 2.77. The fraction of sp³-hybridized carbons (Fsp3) is 0.688. The Hall–Kier alpha value is -1.63. The van der Waals surface area contributed by atoms with Crippen molar-refractivity contribution in [2.24, 2.45) is 5.41 Å². The van der Waals surface area contributed by atoms with Crippen molar-refractivity contribution in [1.82, 2.24) is 10.2 Å². The molecule has 0 radical (unpaired) electrons. The lowest BCUT2D eigenvalue weighted by Crippen LogP contribution is -2.20. The van der Waals surface area contributed by atoms with E-state index in [1.54, 1.807) is 0 Å². The minimum atomic E-state index is 0.384. The number of aryl methyl sites for hydroxylation is 1. The van der Waals surface area contributed by atoms with Gasteiger partial charge in [-0.1, -0.05) is 27.7 Å². The first kappa shape index (κ1) is 14.8. The molecule has 1 aromatic rings. The van der Waals surface area contributed by atoms with Gasteiger partial charge in [-0.2, -0.15) is 10.4 Å². The number of nitriles is 1. The van der Waals surface area contributed by atoms with E-state index in [1.807, 2.05) is 0 Å². The van der Waals surface area contributed by atoms with Crippen molar-refractivity contribution >= 4 is 5.82 Å². The third-order valence-electron chi connectivity index (χ3n) is 4.27. The van der Waals surface area contributed by atoms with E-state index >= 15 is 0 Å². The van der Waals surface area contributed by atoms with Gasteiger partial charge in [0, 0.05) is 6.04 Å². The summed E-state index contributed by atoms with van der Waals surface area (Å²) in [7, 11) is 0. The van der Waals surface area contributed by atoms with E-state index in [2.05, 4.69) is 49.3 Å². The molecule has 1 unspecified atom stereocenters. The Morgan fingerprint density at radius 1 is 1.30 bits per heavy atom. The molecule has 2 rings (SSSR count). The number of anilines is 1. The molecule has 4 heteroatoms. The van der Waals surface area contributed by atoms with Crippen LogP contribution in [0.3, 0.4) is 0 Å². The first-order valence-corrected chi connectivity index (χ1v) is 7.55. The minimum Gasteiger partial charge on any atom is -0.365 e. The highest BCUT2D eigenvalue weighted by Gasteiger charge is 2.31. The molecule has 1 saturated carbocycles. The molecular weight excluding hydrogens is 248 g/mol. The van der Waals surface area contributed by atoms with Crippen molar-refractivity contribution in [2.75, 3.05) is 5.32 Å². The van der Waals surface area contributed by atoms with Gasteiger partial charge in [-0.3, -0.25) is 0 Å². The van der Waals surface area contributed by atoms with Crippen LogP contribution in [0, 0.1) is 16.7 Å². The molecule has 1 heterocycles. The second-order valence-electron chi connectivity index (χ2n) is 6.42. The second-order valence-corrected chi connectivity index (χ2v) is 6.42. The van der Waals surface area contributed by atoms with Crippen molar-refractivity contribution in [3.8, 4) is 6.07 Å². The van der Waals surface area contributed by atoms with Crippen LogP contribution in [0.1, 0.15) is 63.8 Å². The van der Waals surface area contributed by atoms with Crippen LogP contribution in [0.4, 0.5) is 5.82 Å². The van der Waals surface area contributed by atoms with Gasteiger partial charge in [-0.15, -0.1) is 5.10 Å². The zero-order valence-electron chi connectivity index (χ0n) is 13.0. The third-order valence-corrected chi connectivity index (χ3v) is 4.27. The monoisotopic (exact) mass is 272 g/mol. The predicted octanol–water partition coefficient (Wildman–Crippen LogP) is 3.46. The van der Waals surface area contributed by atoms with Crippen LogP contribution >= 0.6 is 0 Å². The van der Waals surface area contributed by atoms with Crippen LogP contribution in [0.5, 0.6) is 0 Å². The average molecular weight is 272 g/mol. The molecule has 20 heavy (non-hydrogen) atoms. The fourth-order valence-corrected chi connectivity index (χ4v) is 3.15. The molecule has 1 aliphatic rings. The maximum absolute atomic E-state index is 9.47. The number of nitrogens with zero attached hydrogens (tertiary/aromatic N) is 3. The summed E-state index contributed by atoms with van der Waals surface area (Å²) in [4.78, 5) is 0. The lowest BCUT2D eigenvalue weighted by atomic mass is 9.92. The zero-order valence-corrected chi connectivity index (χ0v) is 13.0. The Morgan fingerprint density at radius 2 is 2.05 bits per heavy atom. The van der Waals surface area contributed by atoms with Crippen LogP contribution in [0.2, 0.25) is 0 Å². The van der Waals surface area contributed by atoms with Crippen LogP contribution in [0.15, 0.2) is 0 Å². The summed E-state index contributed by atoms with van der Waals surface area (Å²) in [5.74, 6) is 0.671. The lowest BCUT2D eigenvalue weighted by molar-refractivity contribution is 0.378. The Labute approximate surface area is 121 Å². The SMILES string of the molecule is CCc1nnc(NC2CCC(C)(C)C2)c(C#N)c1CC. The molecule has 1 atom stereocenters. The van der Waals surface area contributed by atoms with E-state index in [0.717, 1.165) is 36.9 Å². The van der Waals surface area contributed by atoms with Gasteiger partial charge >= 0.3 is 0 Å². The summed E-state index contributed by atoms with van der Waals surface area (Å²) in [6.45, 7) is 8.71. The van der Waals surface area contributed by atoms with Gasteiger partial charge in [-0.05, 0) is 43.1 Å². The highest BCUT2D eigenvalue weighted by atomic mass is 15.2. The summed E-state index contributed by atoms with van der Waals surface area (Å²) >= 11 is 0. The third kappa shape index (κ3) is 2.92. The summed E-state index contributed by atoms with van der Waals surface area (Å²) in [5, 5.41) is 21.5. The van der Waals surface area contributed by atoms with Gasteiger partial charge in [0.1, 0.15) is 11.6 Å². The van der Waals surface area contributed by atoms with E-state index < -0.39 is 0 Å². The molecule has 4 nitrogen and oxygen atoms in total. The Morgan fingerprint density at radius 3 is 2.55 bits per heavy atom. The Balaban J connectivity index is 2.27. The molecule has 0 spiro atoms. The summed E-state index contributed by atoms with van der Waals surface area (Å²) in [6.07, 6.45) is 5.12. The Kier molecular flexibility index (Phi) is 4.27. The van der Waals surface area contributed by atoms with Crippen LogP contribution < -0.4 is 5.32 Å². The molecule has 0 saturated heterocycles. The van der Waals surface area contributed by atoms with Crippen molar-refractivity contribution in [1.29, 1.82) is 5.26 Å². The minimum absolute atomic E-state index is 0.384. The summed E-state index contributed by atoms with van der Waals surface area (Å²) in [5.41, 5.74) is 3.06. The molecule has 1 N–H and O–H groups in total. The van der Waals surface area contributed by atoms with Crippen molar-refractivity contribution in [3.05, 3.63) is 16.8 Å². The van der Waals surface area contributed by atoms with Crippen LogP contribution in [-0.2, 0) is 12.8 Å². The lowest BCUT2D eigenvalue weighted by Gasteiger charge is -2.19. The van der Waals surface area contributed by atoms with Crippen molar-refractivity contribution in [2.45, 2.75) is 65.8 Å². The van der Waals surface area contributed by atoms with Crippen molar-refractivity contribution < 1.29 is 0 Å². The van der Waals surface area contributed by atoms with E-state index in [-0.39, 0.29) is 0 Å². The smallest absolute Gasteiger partial charge is 0.167 e. The maximum Gasteiger partial charge on any atom is 0.167 e. The molecule has 1 aliphatic carbocycles. The second kappa shape index (κ2) is 5.78. The van der Waals surface area contributed by atoms with Gasteiger partial charge in [0.05, 0.1) is 5.69 Å². The number of hydrogen-bond acceptors (Lipinski definition) is 4. The predicted molar refractivity (Wildman–Crippen MR) is 80.5 cm³/mol. The highest BCUT2D eigenvalue weighted by molar-refractivity contribution is 5.57. The number of hydrogen-bond donors (Lipinski definition) is 1. The molecule has 0 aliphatic heterocycles. The standard InChI is InChI=1S/C16H24N4/c1-5-12-13(10-17)15(20-19-14(12)6-2)18-11-7-8-16(3,4)9-11/h11H,5-9H2,1-4H3,(H,18,20). The van der Waals surface area contributed by atoms with Gasteiger partial charge in [0.2, 0.25) is 0 Å². The van der Waals surface area contributed by atoms with Gasteiger partial charge in [0.25, 0.3) is 0 Å². The molecular formula is C16H24N4. The van der Waals surface area contributed by atoms with Gasteiger partial charge < -0.3 is 5.32 Å². The summed E-state index contributed by atoms with van der Waals surface area (Å²) < 4.78 is 0. The van der Waals surface area contributed by atoms with E-state index in [4.69, 9.17) is 0 Å². The number of nitrogens with one attached hydrogen (secondary N) is 1. The first-order chi connectivity index (χ1) is 9.50. The Bertz CT molecular complexity index is 528. The molecule has 0 aromatic carbocycles. The molecule has 0 bridgehead atoms. The quantitative estimate of drug-likeness (QED) is 0.911. The first-order valence-electron chi connectivity index (χ1n) is 7.55. The molecule has 0 amide bonds. The topological polar surface area (TPSA) is 61.6 Å². The molecule has 1 fully saturated rings. The number of rotatable bonds is 4. The van der Waals surface area contributed by atoms with Gasteiger partial charge in [-0.25, -0.2) is 0 Å². The fourth-order valence-electron chi connectivity index (χ4n) is 3.15. The molecule has 1 aromatic heterocycles. The number of aromatic nitrogens is 2. The zero-order chi connectivity index (χ0) is 14.8. The van der Waals surface area contributed by atoms with Crippen LogP contribution in [0.25, 0.3) is 0 Å². The van der Waals surface area contributed by atoms with Gasteiger partial charge in [0.15, 0.2) is 5.82 Å².